The van der Waals surface area contributed by atoms with E-state index in [-0.39, 0.29) is 5.91 Å². The molecule has 0 atom stereocenters. The van der Waals surface area contributed by atoms with Crippen LogP contribution in [0, 0.1) is 6.92 Å². The molecule has 0 unspecified atom stereocenters. The second-order valence-corrected chi connectivity index (χ2v) is 5.90. The Balaban J connectivity index is 1.54. The fourth-order valence-electron chi connectivity index (χ4n) is 3.17. The van der Waals surface area contributed by atoms with Crippen LogP contribution in [0.25, 0.3) is 10.9 Å². The molecule has 1 aromatic heterocycles. The Hall–Kier alpha value is -2.75. The Morgan fingerprint density at radius 2 is 2.09 bits per heavy atom. The van der Waals surface area contributed by atoms with Gasteiger partial charge in [0, 0.05) is 23.3 Å². The monoisotopic (exact) mass is 306 g/mol. The average molecular weight is 306 g/mol. The Kier molecular flexibility index (Phi) is 3.30. The van der Waals surface area contributed by atoms with Crippen LogP contribution in [0.1, 0.15) is 11.3 Å². The zero-order valence-electron chi connectivity index (χ0n) is 13.0. The van der Waals surface area contributed by atoms with Crippen molar-refractivity contribution in [3.8, 4) is 5.75 Å². The summed E-state index contributed by atoms with van der Waals surface area (Å²) >= 11 is 0. The number of anilines is 1. The molecular formula is C19H18N2O2. The summed E-state index contributed by atoms with van der Waals surface area (Å²) in [6, 6.07) is 16.0. The van der Waals surface area contributed by atoms with Crippen LogP contribution in [0.2, 0.25) is 0 Å². The van der Waals surface area contributed by atoms with E-state index in [0.717, 1.165) is 46.6 Å². The van der Waals surface area contributed by atoms with Crippen molar-refractivity contribution in [3.05, 3.63) is 59.8 Å². The van der Waals surface area contributed by atoms with E-state index in [1.807, 2.05) is 47.9 Å². The van der Waals surface area contributed by atoms with Crippen LogP contribution in [0.4, 0.5) is 5.69 Å². The average Bonchev–Trinajstić information content (AvgIpc) is 3.12. The van der Waals surface area contributed by atoms with Gasteiger partial charge in [-0.1, -0.05) is 18.2 Å². The number of ether oxygens (including phenoxy) is 1. The number of nitrogens with one attached hydrogen (secondary N) is 1. The molecule has 116 valence electrons. The van der Waals surface area contributed by atoms with Crippen LogP contribution in [-0.2, 0) is 17.8 Å². The highest BCUT2D eigenvalue weighted by Gasteiger charge is 2.14. The number of carbonyl (C=O) groups excluding carboxylic acids is 1. The number of amides is 1. The molecule has 1 N–H and O–H groups in total. The molecule has 0 saturated heterocycles. The molecule has 0 spiro atoms. The van der Waals surface area contributed by atoms with E-state index < -0.39 is 0 Å². The zero-order chi connectivity index (χ0) is 15.8. The van der Waals surface area contributed by atoms with E-state index >= 15 is 0 Å². The maximum Gasteiger partial charge on any atom is 0.244 e. The highest BCUT2D eigenvalue weighted by Crippen LogP contribution is 2.28. The van der Waals surface area contributed by atoms with Gasteiger partial charge in [0.2, 0.25) is 5.91 Å². The lowest BCUT2D eigenvalue weighted by Gasteiger charge is -2.10. The van der Waals surface area contributed by atoms with Crippen LogP contribution >= 0.6 is 0 Å². The third kappa shape index (κ3) is 2.57. The molecular weight excluding hydrogens is 288 g/mol. The van der Waals surface area contributed by atoms with Crippen molar-refractivity contribution in [1.82, 2.24) is 4.57 Å². The number of aryl methyl sites for hydroxylation is 1. The van der Waals surface area contributed by atoms with Crippen LogP contribution in [0.15, 0.2) is 48.5 Å². The van der Waals surface area contributed by atoms with Gasteiger partial charge in [0.25, 0.3) is 0 Å². The minimum absolute atomic E-state index is 0.0201. The van der Waals surface area contributed by atoms with Crippen molar-refractivity contribution in [2.75, 3.05) is 11.9 Å². The lowest BCUT2D eigenvalue weighted by Crippen LogP contribution is -2.19. The van der Waals surface area contributed by atoms with Gasteiger partial charge in [-0.2, -0.15) is 0 Å². The number of aromatic nitrogens is 1. The first-order valence-electron chi connectivity index (χ1n) is 7.81. The van der Waals surface area contributed by atoms with Gasteiger partial charge in [-0.05, 0) is 48.2 Å². The topological polar surface area (TPSA) is 43.3 Å². The van der Waals surface area contributed by atoms with Gasteiger partial charge in [0.05, 0.1) is 6.61 Å². The number of benzene rings is 2. The van der Waals surface area contributed by atoms with E-state index in [0.29, 0.717) is 6.54 Å². The standard InChI is InChI=1S/C19H18N2O2/c1-13-10-14-4-2-3-5-17(14)21(13)12-19(22)20-16-6-7-18-15(11-16)8-9-23-18/h2-7,10-11H,8-9,12H2,1H3,(H,20,22). The highest BCUT2D eigenvalue weighted by atomic mass is 16.5. The van der Waals surface area contributed by atoms with Crippen molar-refractivity contribution in [1.29, 1.82) is 0 Å². The smallest absolute Gasteiger partial charge is 0.244 e. The van der Waals surface area contributed by atoms with E-state index in [2.05, 4.69) is 17.4 Å². The van der Waals surface area contributed by atoms with Crippen LogP contribution in [-0.4, -0.2) is 17.1 Å². The van der Waals surface area contributed by atoms with Gasteiger partial charge in [-0.15, -0.1) is 0 Å². The molecule has 0 bridgehead atoms. The first-order valence-corrected chi connectivity index (χ1v) is 7.81. The quantitative estimate of drug-likeness (QED) is 0.804. The third-order valence-corrected chi connectivity index (χ3v) is 4.29. The fraction of sp³-hybridized carbons (Fsp3) is 0.211. The first kappa shape index (κ1) is 13.9. The van der Waals surface area contributed by atoms with Crippen molar-refractivity contribution in [2.45, 2.75) is 19.9 Å². The summed E-state index contributed by atoms with van der Waals surface area (Å²) in [7, 11) is 0. The van der Waals surface area contributed by atoms with Gasteiger partial charge < -0.3 is 14.6 Å². The number of nitrogens with zero attached hydrogens (tertiary/aromatic N) is 1. The third-order valence-electron chi connectivity index (χ3n) is 4.29. The minimum Gasteiger partial charge on any atom is -0.493 e. The van der Waals surface area contributed by atoms with Gasteiger partial charge in [-0.3, -0.25) is 4.79 Å². The lowest BCUT2D eigenvalue weighted by molar-refractivity contribution is -0.116. The highest BCUT2D eigenvalue weighted by molar-refractivity contribution is 5.92. The second kappa shape index (κ2) is 5.47. The molecule has 1 aliphatic heterocycles. The summed E-state index contributed by atoms with van der Waals surface area (Å²) in [4.78, 5) is 12.4. The number of rotatable bonds is 3. The first-order chi connectivity index (χ1) is 11.2. The van der Waals surface area contributed by atoms with Gasteiger partial charge in [-0.25, -0.2) is 0 Å². The second-order valence-electron chi connectivity index (χ2n) is 5.90. The van der Waals surface area contributed by atoms with Crippen molar-refractivity contribution < 1.29 is 9.53 Å². The summed E-state index contributed by atoms with van der Waals surface area (Å²) in [5.41, 5.74) is 4.16. The maximum absolute atomic E-state index is 12.4. The number of fused-ring (bicyclic) bond motifs is 2. The van der Waals surface area contributed by atoms with E-state index in [4.69, 9.17) is 4.74 Å². The van der Waals surface area contributed by atoms with Crippen LogP contribution in [0.5, 0.6) is 5.75 Å². The fourth-order valence-corrected chi connectivity index (χ4v) is 3.17. The van der Waals surface area contributed by atoms with E-state index in [1.165, 1.54) is 0 Å². The molecule has 4 nitrogen and oxygen atoms in total. The summed E-state index contributed by atoms with van der Waals surface area (Å²) in [6.07, 6.45) is 0.903. The van der Waals surface area contributed by atoms with Crippen molar-refractivity contribution in [2.24, 2.45) is 0 Å². The summed E-state index contributed by atoms with van der Waals surface area (Å²) in [5.74, 6) is 0.906. The van der Waals surface area contributed by atoms with Crippen molar-refractivity contribution >= 4 is 22.5 Å². The SMILES string of the molecule is Cc1cc2ccccc2n1CC(=O)Nc1ccc2c(c1)CCO2. The van der Waals surface area contributed by atoms with Crippen LogP contribution in [0.3, 0.4) is 0 Å². The maximum atomic E-state index is 12.4. The summed E-state index contributed by atoms with van der Waals surface area (Å²) in [6.45, 7) is 3.06. The minimum atomic E-state index is -0.0201. The van der Waals surface area contributed by atoms with Crippen LogP contribution < -0.4 is 10.1 Å². The molecule has 0 fully saturated rings. The Bertz CT molecular complexity index is 896. The number of para-hydroxylation sites is 1. The summed E-state index contributed by atoms with van der Waals surface area (Å²) in [5, 5.41) is 4.15. The molecule has 2 heterocycles. The zero-order valence-corrected chi connectivity index (χ0v) is 13.0. The van der Waals surface area contributed by atoms with Gasteiger partial charge >= 0.3 is 0 Å². The Morgan fingerprint density at radius 1 is 1.22 bits per heavy atom. The number of carbonyl (C=O) groups is 1. The molecule has 23 heavy (non-hydrogen) atoms. The molecule has 0 saturated carbocycles. The Labute approximate surface area is 134 Å². The normalized spacial score (nSPS) is 12.9. The Morgan fingerprint density at radius 3 is 3.00 bits per heavy atom. The largest absolute Gasteiger partial charge is 0.493 e. The predicted octanol–water partition coefficient (Wildman–Crippen LogP) is 3.52. The van der Waals surface area contributed by atoms with Gasteiger partial charge in [0.15, 0.2) is 0 Å². The number of hydrogen-bond acceptors (Lipinski definition) is 2. The molecule has 0 radical (unpaired) electrons. The van der Waals surface area contributed by atoms with E-state index in [9.17, 15) is 4.79 Å². The molecule has 4 rings (SSSR count). The molecule has 4 heteroatoms. The molecule has 1 aliphatic rings. The molecule has 0 aliphatic carbocycles. The molecule has 2 aromatic carbocycles. The lowest BCUT2D eigenvalue weighted by atomic mass is 10.1. The predicted molar refractivity (Wildman–Crippen MR) is 90.9 cm³/mol. The van der Waals surface area contributed by atoms with Crippen molar-refractivity contribution in [3.63, 3.8) is 0 Å². The van der Waals surface area contributed by atoms with E-state index in [1.54, 1.807) is 0 Å². The summed E-state index contributed by atoms with van der Waals surface area (Å²) < 4.78 is 7.53. The van der Waals surface area contributed by atoms with Gasteiger partial charge in [0.1, 0.15) is 12.3 Å². The molecule has 3 aromatic rings. The molecule has 1 amide bonds. The number of hydrogen-bond donors (Lipinski definition) is 1.